The summed E-state index contributed by atoms with van der Waals surface area (Å²) in [6.07, 6.45) is 3.92. The Morgan fingerprint density at radius 3 is 2.78 bits per heavy atom. The Morgan fingerprint density at radius 1 is 1.35 bits per heavy atom. The molecule has 0 bridgehead atoms. The van der Waals surface area contributed by atoms with Crippen LogP contribution in [-0.4, -0.2) is 42.3 Å². The molecule has 5 heteroatoms. The number of ether oxygens (including phenoxy) is 1. The number of fused-ring (bicyclic) bond motifs is 1. The van der Waals surface area contributed by atoms with Crippen molar-refractivity contribution >= 4 is 6.03 Å². The van der Waals surface area contributed by atoms with Gasteiger partial charge in [0.2, 0.25) is 0 Å². The van der Waals surface area contributed by atoms with E-state index in [2.05, 4.69) is 11.4 Å². The number of nitrogens with one attached hydrogen (secondary N) is 1. The molecule has 0 spiro atoms. The molecule has 1 aromatic carbocycles. The second-order valence-electron chi connectivity index (χ2n) is 6.82. The van der Waals surface area contributed by atoms with Gasteiger partial charge in [-0.2, -0.15) is 0 Å². The van der Waals surface area contributed by atoms with Crippen LogP contribution in [0.15, 0.2) is 18.2 Å². The lowest BCUT2D eigenvalue weighted by atomic mass is 9.86. The zero-order valence-electron chi connectivity index (χ0n) is 13.9. The molecule has 2 amide bonds. The van der Waals surface area contributed by atoms with Crippen LogP contribution in [0.25, 0.3) is 0 Å². The van der Waals surface area contributed by atoms with Crippen LogP contribution in [0.5, 0.6) is 5.75 Å². The van der Waals surface area contributed by atoms with Crippen molar-refractivity contribution in [3.05, 3.63) is 29.3 Å². The summed E-state index contributed by atoms with van der Waals surface area (Å²) in [5.74, 6) is 1.27. The maximum absolute atomic E-state index is 12.6. The largest absolute Gasteiger partial charge is 0.491 e. The molecule has 0 aromatic heterocycles. The molecule has 23 heavy (non-hydrogen) atoms. The van der Waals surface area contributed by atoms with E-state index < -0.39 is 0 Å². The van der Waals surface area contributed by atoms with E-state index in [-0.39, 0.29) is 24.7 Å². The van der Waals surface area contributed by atoms with Gasteiger partial charge in [0.1, 0.15) is 12.4 Å². The third-order valence-electron chi connectivity index (χ3n) is 5.19. The van der Waals surface area contributed by atoms with Crippen molar-refractivity contribution < 1.29 is 14.6 Å². The summed E-state index contributed by atoms with van der Waals surface area (Å²) < 4.78 is 5.66. The van der Waals surface area contributed by atoms with Gasteiger partial charge in [-0.25, -0.2) is 4.79 Å². The molecule has 2 N–H and O–H groups in total. The van der Waals surface area contributed by atoms with Crippen molar-refractivity contribution in [2.24, 2.45) is 5.92 Å². The minimum atomic E-state index is -0.0753. The second kappa shape index (κ2) is 6.79. The van der Waals surface area contributed by atoms with E-state index in [1.165, 1.54) is 5.56 Å². The molecule has 1 atom stereocenters. The SMILES string of the molecule is Cc1ccc2c(c1)C(NC(=O)N(C)C1CCC(CO)CC1)CO2. The summed E-state index contributed by atoms with van der Waals surface area (Å²) in [6, 6.07) is 6.22. The van der Waals surface area contributed by atoms with Crippen molar-refractivity contribution in [2.45, 2.75) is 44.7 Å². The lowest BCUT2D eigenvalue weighted by molar-refractivity contribution is 0.132. The number of nitrogens with zero attached hydrogens (tertiary/aromatic N) is 1. The predicted molar refractivity (Wildman–Crippen MR) is 88.5 cm³/mol. The normalized spacial score (nSPS) is 26.3. The summed E-state index contributed by atoms with van der Waals surface area (Å²) in [7, 11) is 1.87. The van der Waals surface area contributed by atoms with Crippen molar-refractivity contribution in [1.29, 1.82) is 0 Å². The molecule has 126 valence electrons. The van der Waals surface area contributed by atoms with Gasteiger partial charge in [0, 0.05) is 25.3 Å². The number of carbonyl (C=O) groups is 1. The van der Waals surface area contributed by atoms with Crippen LogP contribution in [0, 0.1) is 12.8 Å². The molecule has 1 heterocycles. The Morgan fingerprint density at radius 2 is 2.09 bits per heavy atom. The van der Waals surface area contributed by atoms with E-state index in [1.54, 1.807) is 0 Å². The number of carbonyl (C=O) groups excluding carboxylic acids is 1. The van der Waals surface area contributed by atoms with Crippen LogP contribution < -0.4 is 10.1 Å². The van der Waals surface area contributed by atoms with Crippen LogP contribution in [0.2, 0.25) is 0 Å². The van der Waals surface area contributed by atoms with Crippen molar-refractivity contribution in [3.8, 4) is 5.75 Å². The molecular formula is C18H26N2O3. The van der Waals surface area contributed by atoms with E-state index in [0.717, 1.165) is 37.0 Å². The first-order valence-corrected chi connectivity index (χ1v) is 8.46. The Labute approximate surface area is 137 Å². The van der Waals surface area contributed by atoms with E-state index in [9.17, 15) is 9.90 Å². The fourth-order valence-electron chi connectivity index (χ4n) is 3.59. The summed E-state index contributed by atoms with van der Waals surface area (Å²) >= 11 is 0. The van der Waals surface area contributed by atoms with Gasteiger partial charge in [-0.05, 0) is 44.6 Å². The fourth-order valence-corrected chi connectivity index (χ4v) is 3.59. The Bertz CT molecular complexity index is 567. The molecule has 1 fully saturated rings. The van der Waals surface area contributed by atoms with Crippen molar-refractivity contribution in [3.63, 3.8) is 0 Å². The van der Waals surface area contributed by atoms with Crippen LogP contribution in [-0.2, 0) is 0 Å². The lowest BCUT2D eigenvalue weighted by Crippen LogP contribution is -2.46. The Hall–Kier alpha value is -1.75. The number of rotatable bonds is 3. The molecule has 1 saturated carbocycles. The van der Waals surface area contributed by atoms with Crippen LogP contribution in [0.1, 0.15) is 42.9 Å². The molecule has 0 saturated heterocycles. The van der Waals surface area contributed by atoms with Gasteiger partial charge in [-0.3, -0.25) is 0 Å². The van der Waals surface area contributed by atoms with Crippen molar-refractivity contribution in [2.75, 3.05) is 20.3 Å². The third kappa shape index (κ3) is 3.44. The van der Waals surface area contributed by atoms with Gasteiger partial charge in [0.25, 0.3) is 0 Å². The Kier molecular flexibility index (Phi) is 4.76. The smallest absolute Gasteiger partial charge is 0.317 e. The fraction of sp³-hybridized carbons (Fsp3) is 0.611. The van der Waals surface area contributed by atoms with Gasteiger partial charge in [-0.15, -0.1) is 0 Å². The first-order chi connectivity index (χ1) is 11.1. The minimum absolute atomic E-state index is 0.0413. The quantitative estimate of drug-likeness (QED) is 0.900. The maximum atomic E-state index is 12.6. The standard InChI is InChI=1S/C18H26N2O3/c1-12-3-8-17-15(9-12)16(11-23-17)19-18(22)20(2)14-6-4-13(10-21)5-7-14/h3,8-9,13-14,16,21H,4-7,10-11H2,1-2H3,(H,19,22). The van der Waals surface area contributed by atoms with Gasteiger partial charge < -0.3 is 20.1 Å². The molecule has 1 aliphatic heterocycles. The zero-order chi connectivity index (χ0) is 16.4. The molecule has 5 nitrogen and oxygen atoms in total. The third-order valence-corrected chi connectivity index (χ3v) is 5.19. The summed E-state index contributed by atoms with van der Waals surface area (Å²) in [5.41, 5.74) is 2.24. The highest BCUT2D eigenvalue weighted by atomic mass is 16.5. The summed E-state index contributed by atoms with van der Waals surface area (Å²) in [5, 5.41) is 12.3. The van der Waals surface area contributed by atoms with E-state index in [4.69, 9.17) is 4.74 Å². The number of aliphatic hydroxyl groups excluding tert-OH is 1. The van der Waals surface area contributed by atoms with Gasteiger partial charge in [0.15, 0.2) is 0 Å². The van der Waals surface area contributed by atoms with Gasteiger partial charge in [0.05, 0.1) is 6.04 Å². The van der Waals surface area contributed by atoms with Crippen LogP contribution in [0.4, 0.5) is 4.79 Å². The molecular weight excluding hydrogens is 292 g/mol. The van der Waals surface area contributed by atoms with Crippen LogP contribution in [0.3, 0.4) is 0 Å². The monoisotopic (exact) mass is 318 g/mol. The number of amides is 2. The van der Waals surface area contributed by atoms with Crippen LogP contribution >= 0.6 is 0 Å². The number of benzene rings is 1. The maximum Gasteiger partial charge on any atom is 0.317 e. The zero-order valence-corrected chi connectivity index (χ0v) is 13.9. The average Bonchev–Trinajstić information content (AvgIpc) is 2.96. The van der Waals surface area contributed by atoms with Gasteiger partial charge >= 0.3 is 6.03 Å². The van der Waals surface area contributed by atoms with E-state index in [1.807, 2.05) is 31.0 Å². The predicted octanol–water partition coefficient (Wildman–Crippen LogP) is 2.62. The second-order valence-corrected chi connectivity index (χ2v) is 6.82. The van der Waals surface area contributed by atoms with E-state index >= 15 is 0 Å². The van der Waals surface area contributed by atoms with Crippen molar-refractivity contribution in [1.82, 2.24) is 10.2 Å². The number of hydrogen-bond acceptors (Lipinski definition) is 3. The molecule has 0 radical (unpaired) electrons. The first kappa shape index (κ1) is 16.1. The Balaban J connectivity index is 1.59. The molecule has 1 unspecified atom stereocenters. The first-order valence-electron chi connectivity index (χ1n) is 8.46. The number of aliphatic hydroxyl groups is 1. The summed E-state index contributed by atoms with van der Waals surface area (Å²) in [6.45, 7) is 2.80. The van der Waals surface area contributed by atoms with Gasteiger partial charge in [-0.1, -0.05) is 17.7 Å². The number of urea groups is 1. The highest BCUT2D eigenvalue weighted by Gasteiger charge is 2.30. The topological polar surface area (TPSA) is 61.8 Å². The highest BCUT2D eigenvalue weighted by molar-refractivity contribution is 5.75. The minimum Gasteiger partial charge on any atom is -0.491 e. The number of hydrogen-bond donors (Lipinski definition) is 2. The molecule has 1 aliphatic carbocycles. The molecule has 2 aliphatic rings. The lowest BCUT2D eigenvalue weighted by Gasteiger charge is -2.34. The molecule has 1 aromatic rings. The molecule has 3 rings (SSSR count). The average molecular weight is 318 g/mol. The number of aryl methyl sites for hydroxylation is 1. The summed E-state index contributed by atoms with van der Waals surface area (Å²) in [4.78, 5) is 14.4. The highest BCUT2D eigenvalue weighted by Crippen LogP contribution is 2.33. The van der Waals surface area contributed by atoms with E-state index in [0.29, 0.717) is 12.5 Å².